The first-order chi connectivity index (χ1) is 19.9. The number of halogens is 6. The lowest BCUT2D eigenvalue weighted by atomic mass is 9.88. The van der Waals surface area contributed by atoms with Crippen molar-refractivity contribution < 1.29 is 60.1 Å². The summed E-state index contributed by atoms with van der Waals surface area (Å²) in [5.41, 5.74) is 2.09. The van der Waals surface area contributed by atoms with Crippen LogP contribution in [-0.4, -0.2) is 95.1 Å². The fraction of sp³-hybridized carbons (Fsp3) is 0.519. The van der Waals surface area contributed by atoms with E-state index < -0.39 is 30.4 Å². The molecule has 0 saturated carbocycles. The van der Waals surface area contributed by atoms with E-state index >= 15 is 0 Å². The van der Waals surface area contributed by atoms with Crippen LogP contribution in [0.5, 0.6) is 0 Å². The highest BCUT2D eigenvalue weighted by Crippen LogP contribution is 2.32. The first-order valence-electron chi connectivity index (χ1n) is 12.9. The number of alkyl halides is 6. The number of morpholine rings is 1. The first-order valence-corrected chi connectivity index (χ1v) is 12.9. The van der Waals surface area contributed by atoms with Crippen molar-refractivity contribution >= 4 is 17.8 Å². The van der Waals surface area contributed by atoms with E-state index in [2.05, 4.69) is 53.4 Å². The van der Waals surface area contributed by atoms with E-state index in [1.165, 1.54) is 5.56 Å². The normalized spacial score (nSPS) is 18.9. The van der Waals surface area contributed by atoms with E-state index in [1.54, 1.807) is 6.26 Å². The molecular formula is C27H33F6N3O7. The number of amides is 1. The highest BCUT2D eigenvalue weighted by atomic mass is 19.4. The number of carbonyl (C=O) groups is 3. The van der Waals surface area contributed by atoms with Gasteiger partial charge in [-0.25, -0.2) is 9.59 Å². The third-order valence-corrected chi connectivity index (χ3v) is 6.52. The molecule has 2 fully saturated rings. The summed E-state index contributed by atoms with van der Waals surface area (Å²) in [6.45, 7) is 6.85. The summed E-state index contributed by atoms with van der Waals surface area (Å²) in [4.78, 5) is 35.2. The van der Waals surface area contributed by atoms with Crippen LogP contribution in [0.3, 0.4) is 0 Å². The smallest absolute Gasteiger partial charge is 0.475 e. The molecule has 0 bridgehead atoms. The number of carbonyl (C=O) groups excluding carboxylic acids is 1. The molecule has 2 aromatic rings. The number of likely N-dealkylation sites (tertiary alicyclic amines) is 1. The third-order valence-electron chi connectivity index (χ3n) is 6.52. The molecule has 3 heterocycles. The molecule has 240 valence electrons. The maximum absolute atomic E-state index is 12.8. The van der Waals surface area contributed by atoms with Crippen LogP contribution in [0.1, 0.15) is 29.7 Å². The number of aryl methyl sites for hydroxylation is 1. The fourth-order valence-corrected chi connectivity index (χ4v) is 4.38. The van der Waals surface area contributed by atoms with Crippen molar-refractivity contribution in [1.82, 2.24) is 15.1 Å². The summed E-state index contributed by atoms with van der Waals surface area (Å²) in [5.74, 6) is -4.54. The summed E-state index contributed by atoms with van der Waals surface area (Å²) in [6.07, 6.45) is -7.00. The molecule has 2 aliphatic heterocycles. The number of carboxylic acids is 2. The Bertz CT molecular complexity index is 1160. The number of piperidine rings is 1. The zero-order chi connectivity index (χ0) is 32.4. The van der Waals surface area contributed by atoms with Gasteiger partial charge in [0, 0.05) is 32.7 Å². The van der Waals surface area contributed by atoms with Crippen molar-refractivity contribution in [1.29, 1.82) is 0 Å². The van der Waals surface area contributed by atoms with Crippen LogP contribution in [0.4, 0.5) is 26.3 Å². The van der Waals surface area contributed by atoms with Gasteiger partial charge in [-0.3, -0.25) is 9.69 Å². The molecule has 43 heavy (non-hydrogen) atoms. The summed E-state index contributed by atoms with van der Waals surface area (Å²) in [5, 5.41) is 17.3. The van der Waals surface area contributed by atoms with Gasteiger partial charge in [0.1, 0.15) is 11.9 Å². The highest BCUT2D eigenvalue weighted by Gasteiger charge is 2.44. The van der Waals surface area contributed by atoms with E-state index in [0.29, 0.717) is 13.1 Å². The lowest BCUT2D eigenvalue weighted by Gasteiger charge is -2.48. The van der Waals surface area contributed by atoms with Crippen LogP contribution in [0.25, 0.3) is 0 Å². The SMILES string of the molecule is Cc1ccc(CNC(=O)C2CN(C)CC3(CCN(Cc4ccco4)CC3)O2)cc1.O=C(O)C(F)(F)F.O=C(O)C(F)(F)F. The summed E-state index contributed by atoms with van der Waals surface area (Å²) in [7, 11) is 2.08. The van der Waals surface area contributed by atoms with Crippen LogP contribution in [-0.2, 0) is 32.2 Å². The van der Waals surface area contributed by atoms with Crippen molar-refractivity contribution in [2.45, 2.75) is 56.9 Å². The number of benzene rings is 1. The molecule has 16 heteroatoms. The Labute approximate surface area is 243 Å². The van der Waals surface area contributed by atoms with E-state index in [4.69, 9.17) is 29.0 Å². The van der Waals surface area contributed by atoms with Gasteiger partial charge in [-0.1, -0.05) is 29.8 Å². The molecule has 0 aliphatic carbocycles. The number of hydrogen-bond donors (Lipinski definition) is 3. The number of nitrogens with zero attached hydrogens (tertiary/aromatic N) is 2. The molecule has 4 rings (SSSR count). The van der Waals surface area contributed by atoms with Gasteiger partial charge in [0.05, 0.1) is 18.4 Å². The van der Waals surface area contributed by atoms with Crippen LogP contribution < -0.4 is 5.32 Å². The number of likely N-dealkylation sites (N-methyl/N-ethyl adjacent to an activating group) is 1. The minimum Gasteiger partial charge on any atom is -0.475 e. The van der Waals surface area contributed by atoms with Crippen molar-refractivity contribution in [2.75, 3.05) is 33.2 Å². The molecule has 2 saturated heterocycles. The predicted molar refractivity (Wildman–Crippen MR) is 139 cm³/mol. The molecule has 10 nitrogen and oxygen atoms in total. The van der Waals surface area contributed by atoms with Crippen LogP contribution in [0.2, 0.25) is 0 Å². The second-order valence-corrected chi connectivity index (χ2v) is 10.2. The van der Waals surface area contributed by atoms with Gasteiger partial charge in [-0.05, 0) is 44.5 Å². The zero-order valence-electron chi connectivity index (χ0n) is 23.4. The van der Waals surface area contributed by atoms with E-state index in [9.17, 15) is 31.1 Å². The van der Waals surface area contributed by atoms with Crippen LogP contribution >= 0.6 is 0 Å². The fourth-order valence-electron chi connectivity index (χ4n) is 4.38. The number of ether oxygens (including phenoxy) is 1. The van der Waals surface area contributed by atoms with Gasteiger partial charge < -0.3 is 29.6 Å². The van der Waals surface area contributed by atoms with Crippen molar-refractivity contribution in [2.24, 2.45) is 0 Å². The maximum Gasteiger partial charge on any atom is 0.490 e. The maximum atomic E-state index is 12.8. The molecule has 1 spiro atoms. The van der Waals surface area contributed by atoms with Gasteiger partial charge in [0.2, 0.25) is 0 Å². The molecule has 2 aliphatic rings. The number of aliphatic carboxylic acids is 2. The Morgan fingerprint density at radius 2 is 1.51 bits per heavy atom. The average molecular weight is 626 g/mol. The molecule has 0 radical (unpaired) electrons. The largest absolute Gasteiger partial charge is 0.490 e. The zero-order valence-corrected chi connectivity index (χ0v) is 23.4. The van der Waals surface area contributed by atoms with Gasteiger partial charge in [0.15, 0.2) is 0 Å². The Morgan fingerprint density at radius 1 is 0.977 bits per heavy atom. The van der Waals surface area contributed by atoms with Crippen molar-refractivity contribution in [3.63, 3.8) is 0 Å². The monoisotopic (exact) mass is 625 g/mol. The van der Waals surface area contributed by atoms with Gasteiger partial charge >= 0.3 is 24.3 Å². The van der Waals surface area contributed by atoms with E-state index in [-0.39, 0.29) is 11.5 Å². The number of carboxylic acid groups (broad SMARTS) is 2. The van der Waals surface area contributed by atoms with Crippen LogP contribution in [0.15, 0.2) is 47.1 Å². The number of hydrogen-bond acceptors (Lipinski definition) is 7. The molecule has 1 aromatic heterocycles. The Kier molecular flexibility index (Phi) is 12.6. The van der Waals surface area contributed by atoms with Gasteiger partial charge in [-0.2, -0.15) is 26.3 Å². The minimum absolute atomic E-state index is 0.0190. The number of furan rings is 1. The summed E-state index contributed by atoms with van der Waals surface area (Å²) in [6, 6.07) is 12.2. The predicted octanol–water partition coefficient (Wildman–Crippen LogP) is 3.84. The van der Waals surface area contributed by atoms with Crippen molar-refractivity contribution in [3.8, 4) is 0 Å². The highest BCUT2D eigenvalue weighted by molar-refractivity contribution is 5.81. The van der Waals surface area contributed by atoms with Crippen molar-refractivity contribution in [3.05, 3.63) is 59.5 Å². The average Bonchev–Trinajstić information content (AvgIpc) is 3.42. The molecule has 3 N–H and O–H groups in total. The van der Waals surface area contributed by atoms with E-state index in [1.807, 2.05) is 12.1 Å². The minimum atomic E-state index is -5.08. The summed E-state index contributed by atoms with van der Waals surface area (Å²) < 4.78 is 75.4. The molecule has 1 amide bonds. The Morgan fingerprint density at radius 3 is 1.98 bits per heavy atom. The van der Waals surface area contributed by atoms with E-state index in [0.717, 1.165) is 50.3 Å². The Hall–Kier alpha value is -3.63. The number of nitrogens with one attached hydrogen (secondary N) is 1. The quantitative estimate of drug-likeness (QED) is 0.424. The van der Waals surface area contributed by atoms with Gasteiger partial charge in [-0.15, -0.1) is 0 Å². The van der Waals surface area contributed by atoms with Crippen LogP contribution in [0, 0.1) is 6.92 Å². The first kappa shape index (κ1) is 35.6. The second kappa shape index (κ2) is 15.2. The molecule has 1 atom stereocenters. The van der Waals surface area contributed by atoms with Gasteiger partial charge in [0.25, 0.3) is 5.91 Å². The lowest BCUT2D eigenvalue weighted by Crippen LogP contribution is -2.61. The third kappa shape index (κ3) is 12.2. The second-order valence-electron chi connectivity index (χ2n) is 10.2. The standard InChI is InChI=1S/C23H31N3O3.2C2HF3O2/c1-18-5-7-19(8-6-18)14-24-22(27)21-16-25(2)17-23(29-21)9-11-26(12-10-23)15-20-4-3-13-28-20;2*3-2(4,5)1(6)7/h3-8,13,21H,9-12,14-17H2,1-2H3,(H,24,27);2*(H,6,7). The number of rotatable bonds is 5. The molecule has 1 aromatic carbocycles. The topological polar surface area (TPSA) is 133 Å². The molecule has 1 unspecified atom stereocenters. The Balaban J connectivity index is 0.000000384. The summed E-state index contributed by atoms with van der Waals surface area (Å²) >= 11 is 0. The molecular weight excluding hydrogens is 592 g/mol. The lowest BCUT2D eigenvalue weighted by molar-refractivity contribution is -0.193.